The third-order valence-corrected chi connectivity index (χ3v) is 4.37. The fourth-order valence-electron chi connectivity index (χ4n) is 3.29. The SMILES string of the molecule is C[C@H]1CC2=C(C[C@@H]1C#N)C(C)(C)CCC2. The number of hydrogen-bond donors (Lipinski definition) is 0. The van der Waals surface area contributed by atoms with Crippen LogP contribution in [0.1, 0.15) is 52.9 Å². The highest BCUT2D eigenvalue weighted by atomic mass is 14.4. The van der Waals surface area contributed by atoms with Crippen molar-refractivity contribution in [3.05, 3.63) is 11.1 Å². The molecule has 15 heavy (non-hydrogen) atoms. The zero-order valence-electron chi connectivity index (χ0n) is 10.1. The van der Waals surface area contributed by atoms with Crippen molar-refractivity contribution in [1.29, 1.82) is 5.26 Å². The van der Waals surface area contributed by atoms with Gasteiger partial charge >= 0.3 is 0 Å². The number of nitriles is 1. The summed E-state index contributed by atoms with van der Waals surface area (Å²) < 4.78 is 0. The summed E-state index contributed by atoms with van der Waals surface area (Å²) in [4.78, 5) is 0. The van der Waals surface area contributed by atoms with E-state index in [1.54, 1.807) is 11.1 Å². The summed E-state index contributed by atoms with van der Waals surface area (Å²) in [7, 11) is 0. The van der Waals surface area contributed by atoms with Crippen LogP contribution in [0, 0.1) is 28.6 Å². The first-order valence-corrected chi connectivity index (χ1v) is 6.15. The van der Waals surface area contributed by atoms with Gasteiger partial charge in [-0.3, -0.25) is 0 Å². The molecule has 1 nitrogen and oxygen atoms in total. The quantitative estimate of drug-likeness (QED) is 0.545. The highest BCUT2D eigenvalue weighted by Crippen LogP contribution is 2.49. The number of rotatable bonds is 0. The van der Waals surface area contributed by atoms with Crippen molar-refractivity contribution in [1.82, 2.24) is 0 Å². The van der Waals surface area contributed by atoms with Crippen LogP contribution in [0.5, 0.6) is 0 Å². The zero-order valence-corrected chi connectivity index (χ0v) is 10.1. The monoisotopic (exact) mass is 203 g/mol. The first-order chi connectivity index (χ1) is 7.04. The Balaban J connectivity index is 2.32. The number of hydrogen-bond acceptors (Lipinski definition) is 1. The molecule has 0 spiro atoms. The molecule has 0 saturated heterocycles. The molecule has 2 aliphatic rings. The third-order valence-electron chi connectivity index (χ3n) is 4.37. The molecule has 2 rings (SSSR count). The fraction of sp³-hybridized carbons (Fsp3) is 0.786. The summed E-state index contributed by atoms with van der Waals surface area (Å²) in [6.07, 6.45) is 6.16. The minimum atomic E-state index is 0.265. The third kappa shape index (κ3) is 1.83. The highest BCUT2D eigenvalue weighted by Gasteiger charge is 2.36. The Morgan fingerprint density at radius 3 is 2.73 bits per heavy atom. The van der Waals surface area contributed by atoms with Gasteiger partial charge in [-0.05, 0) is 43.4 Å². The van der Waals surface area contributed by atoms with E-state index in [2.05, 4.69) is 26.8 Å². The molecule has 2 aliphatic carbocycles. The molecule has 0 heterocycles. The van der Waals surface area contributed by atoms with Gasteiger partial charge in [-0.1, -0.05) is 31.9 Å². The van der Waals surface area contributed by atoms with Crippen LogP contribution in [0.25, 0.3) is 0 Å². The molecule has 2 atom stereocenters. The van der Waals surface area contributed by atoms with E-state index in [0.29, 0.717) is 11.3 Å². The maximum atomic E-state index is 9.15. The predicted octanol–water partition coefficient (Wildman–Crippen LogP) is 4.06. The maximum Gasteiger partial charge on any atom is 0.0662 e. The van der Waals surface area contributed by atoms with Crippen molar-refractivity contribution in [2.24, 2.45) is 17.3 Å². The van der Waals surface area contributed by atoms with Crippen molar-refractivity contribution in [3.63, 3.8) is 0 Å². The van der Waals surface area contributed by atoms with Gasteiger partial charge in [0.2, 0.25) is 0 Å². The molecule has 0 aliphatic heterocycles. The lowest BCUT2D eigenvalue weighted by atomic mass is 9.63. The summed E-state index contributed by atoms with van der Waals surface area (Å²) in [5.41, 5.74) is 3.67. The van der Waals surface area contributed by atoms with Gasteiger partial charge in [0.1, 0.15) is 0 Å². The van der Waals surface area contributed by atoms with Gasteiger partial charge in [-0.25, -0.2) is 0 Å². The van der Waals surface area contributed by atoms with Crippen LogP contribution in [0.3, 0.4) is 0 Å². The Kier molecular flexibility index (Phi) is 2.63. The smallest absolute Gasteiger partial charge is 0.0662 e. The summed E-state index contributed by atoms with van der Waals surface area (Å²) in [5, 5.41) is 9.15. The van der Waals surface area contributed by atoms with Crippen LogP contribution in [0.2, 0.25) is 0 Å². The normalized spacial score (nSPS) is 34.5. The minimum absolute atomic E-state index is 0.265. The van der Waals surface area contributed by atoms with Crippen LogP contribution in [0.15, 0.2) is 11.1 Å². The van der Waals surface area contributed by atoms with Gasteiger partial charge in [0.25, 0.3) is 0 Å². The topological polar surface area (TPSA) is 23.8 Å². The van der Waals surface area contributed by atoms with Crippen LogP contribution < -0.4 is 0 Å². The molecule has 82 valence electrons. The first-order valence-electron chi connectivity index (χ1n) is 6.15. The number of nitrogens with zero attached hydrogens (tertiary/aromatic N) is 1. The van der Waals surface area contributed by atoms with Crippen LogP contribution in [-0.2, 0) is 0 Å². The molecule has 0 aromatic heterocycles. The Morgan fingerprint density at radius 2 is 2.07 bits per heavy atom. The van der Waals surface area contributed by atoms with E-state index in [4.69, 9.17) is 5.26 Å². The minimum Gasteiger partial charge on any atom is -0.198 e. The Morgan fingerprint density at radius 1 is 1.33 bits per heavy atom. The van der Waals surface area contributed by atoms with Gasteiger partial charge in [0, 0.05) is 0 Å². The Bertz CT molecular complexity index is 330. The van der Waals surface area contributed by atoms with Gasteiger partial charge in [0.05, 0.1) is 12.0 Å². The summed E-state index contributed by atoms with van der Waals surface area (Å²) in [5.74, 6) is 0.837. The van der Waals surface area contributed by atoms with Gasteiger partial charge < -0.3 is 0 Å². The van der Waals surface area contributed by atoms with Crippen molar-refractivity contribution < 1.29 is 0 Å². The molecule has 0 aromatic rings. The maximum absolute atomic E-state index is 9.15. The molecule has 0 aromatic carbocycles. The van der Waals surface area contributed by atoms with E-state index >= 15 is 0 Å². The van der Waals surface area contributed by atoms with Crippen molar-refractivity contribution in [2.75, 3.05) is 0 Å². The van der Waals surface area contributed by atoms with Gasteiger partial charge in [-0.15, -0.1) is 0 Å². The average molecular weight is 203 g/mol. The Hall–Kier alpha value is -0.770. The van der Waals surface area contributed by atoms with Gasteiger partial charge in [0.15, 0.2) is 0 Å². The summed E-state index contributed by atoms with van der Waals surface area (Å²) in [6.45, 7) is 6.94. The summed E-state index contributed by atoms with van der Waals surface area (Å²) >= 11 is 0. The van der Waals surface area contributed by atoms with Crippen LogP contribution in [-0.4, -0.2) is 0 Å². The Labute approximate surface area is 93.2 Å². The highest BCUT2D eigenvalue weighted by molar-refractivity contribution is 5.28. The molecule has 0 radical (unpaired) electrons. The molecule has 0 unspecified atom stereocenters. The molecule has 1 heteroatoms. The molecule has 0 fully saturated rings. The van der Waals surface area contributed by atoms with E-state index < -0.39 is 0 Å². The predicted molar refractivity (Wildman–Crippen MR) is 62.2 cm³/mol. The average Bonchev–Trinajstić information content (AvgIpc) is 2.16. The lowest BCUT2D eigenvalue weighted by Crippen LogP contribution is -2.29. The largest absolute Gasteiger partial charge is 0.198 e. The second-order valence-electron chi connectivity index (χ2n) is 5.94. The van der Waals surface area contributed by atoms with Crippen LogP contribution in [0.4, 0.5) is 0 Å². The van der Waals surface area contributed by atoms with Crippen molar-refractivity contribution in [3.8, 4) is 6.07 Å². The van der Waals surface area contributed by atoms with Crippen molar-refractivity contribution in [2.45, 2.75) is 52.9 Å². The molecule has 0 N–H and O–H groups in total. The number of allylic oxidation sites excluding steroid dienone is 2. The van der Waals surface area contributed by atoms with E-state index in [0.717, 1.165) is 6.42 Å². The lowest BCUT2D eigenvalue weighted by Gasteiger charge is -2.41. The standard InChI is InChI=1S/C14H21N/c1-10-7-11-5-4-6-14(2,3)13(11)8-12(10)9-15/h10,12H,4-8H2,1-3H3/t10-,12+/m0/s1. The second-order valence-corrected chi connectivity index (χ2v) is 5.94. The van der Waals surface area contributed by atoms with E-state index in [1.165, 1.54) is 25.7 Å². The molecular weight excluding hydrogens is 182 g/mol. The van der Waals surface area contributed by atoms with Crippen LogP contribution >= 0.6 is 0 Å². The molecular formula is C14H21N. The molecule has 0 bridgehead atoms. The van der Waals surface area contributed by atoms with Gasteiger partial charge in [-0.2, -0.15) is 5.26 Å². The van der Waals surface area contributed by atoms with E-state index in [9.17, 15) is 0 Å². The summed E-state index contributed by atoms with van der Waals surface area (Å²) in [6, 6.07) is 2.49. The molecule has 0 amide bonds. The van der Waals surface area contributed by atoms with E-state index in [1.807, 2.05) is 0 Å². The first kappa shape index (κ1) is 10.7. The molecule has 0 saturated carbocycles. The van der Waals surface area contributed by atoms with Crippen molar-refractivity contribution >= 4 is 0 Å². The lowest BCUT2D eigenvalue weighted by molar-refractivity contribution is 0.289. The van der Waals surface area contributed by atoms with E-state index in [-0.39, 0.29) is 5.92 Å². The zero-order chi connectivity index (χ0) is 11.1. The fourth-order valence-corrected chi connectivity index (χ4v) is 3.29. The second kappa shape index (κ2) is 3.67.